The van der Waals surface area contributed by atoms with Gasteiger partial charge in [0.05, 0.1) is 4.92 Å². The average molecular weight is 267 g/mol. The minimum Gasteiger partial charge on any atom is -0.480 e. The zero-order valence-corrected chi connectivity index (χ0v) is 9.94. The molecule has 1 atom stereocenters. The van der Waals surface area contributed by atoms with Crippen LogP contribution in [-0.2, 0) is 4.79 Å². The summed E-state index contributed by atoms with van der Waals surface area (Å²) in [5, 5.41) is 19.6. The van der Waals surface area contributed by atoms with Crippen LogP contribution in [0.3, 0.4) is 0 Å². The highest BCUT2D eigenvalue weighted by Gasteiger charge is 2.41. The maximum atomic E-state index is 11.0. The molecule has 0 saturated carbocycles. The summed E-state index contributed by atoms with van der Waals surface area (Å²) in [5.74, 6) is -0.895. The average Bonchev–Trinajstić information content (AvgIpc) is 2.73. The molecule has 2 heterocycles. The third kappa shape index (κ3) is 2.27. The third-order valence-electron chi connectivity index (χ3n) is 3.14. The summed E-state index contributed by atoms with van der Waals surface area (Å²) < 4.78 is 0. The van der Waals surface area contributed by atoms with E-state index in [1.54, 1.807) is 4.90 Å². The molecule has 0 radical (unpaired) electrons. The van der Waals surface area contributed by atoms with E-state index in [4.69, 9.17) is 16.6 Å². The Balaban J connectivity index is 2.23. The van der Waals surface area contributed by atoms with E-state index in [0.29, 0.717) is 12.4 Å². The van der Waals surface area contributed by atoms with Gasteiger partial charge in [0.25, 0.3) is 0 Å². The van der Waals surface area contributed by atoms with Crippen LogP contribution >= 0.6 is 0 Å². The number of aromatic nitrogens is 1. The number of hydrogen-bond acceptors (Lipinski definition) is 7. The van der Waals surface area contributed by atoms with Crippen LogP contribution in [0.4, 0.5) is 17.3 Å². The highest BCUT2D eigenvalue weighted by molar-refractivity contribution is 5.80. The van der Waals surface area contributed by atoms with Gasteiger partial charge < -0.3 is 21.5 Å². The molecule has 9 nitrogen and oxygen atoms in total. The normalized spacial score (nSPS) is 22.5. The quantitative estimate of drug-likeness (QED) is 0.493. The molecule has 0 spiro atoms. The van der Waals surface area contributed by atoms with E-state index in [2.05, 4.69) is 4.98 Å². The Hall–Kier alpha value is -2.42. The summed E-state index contributed by atoms with van der Waals surface area (Å²) in [6, 6.07) is 2.68. The van der Waals surface area contributed by atoms with Gasteiger partial charge in [0.2, 0.25) is 5.82 Å². The first-order valence-electron chi connectivity index (χ1n) is 5.51. The molecule has 1 unspecified atom stereocenters. The summed E-state index contributed by atoms with van der Waals surface area (Å²) >= 11 is 0. The van der Waals surface area contributed by atoms with Gasteiger partial charge in [-0.3, -0.25) is 14.9 Å². The van der Waals surface area contributed by atoms with Crippen LogP contribution < -0.4 is 16.4 Å². The molecule has 0 aromatic carbocycles. The number of nitrogens with zero attached hydrogens (tertiary/aromatic N) is 3. The number of nitrogen functional groups attached to an aromatic ring is 1. The largest absolute Gasteiger partial charge is 0.480 e. The molecule has 9 heteroatoms. The van der Waals surface area contributed by atoms with Crippen molar-refractivity contribution >= 4 is 23.3 Å². The van der Waals surface area contributed by atoms with E-state index in [1.807, 2.05) is 0 Å². The SMILES string of the molecule is Nc1nc(N2CCC(N)(C(=O)O)C2)ccc1[N+](=O)[O-]. The summed E-state index contributed by atoms with van der Waals surface area (Å²) in [6.45, 7) is 0.500. The Labute approximate surface area is 108 Å². The Bertz CT molecular complexity index is 549. The molecule has 1 aromatic heterocycles. The number of nitro groups is 1. The van der Waals surface area contributed by atoms with Crippen LogP contribution in [0.5, 0.6) is 0 Å². The van der Waals surface area contributed by atoms with E-state index < -0.39 is 16.4 Å². The fraction of sp³-hybridized carbons (Fsp3) is 0.400. The lowest BCUT2D eigenvalue weighted by Crippen LogP contribution is -2.50. The van der Waals surface area contributed by atoms with E-state index in [1.165, 1.54) is 12.1 Å². The number of carboxylic acid groups (broad SMARTS) is 1. The number of pyridine rings is 1. The van der Waals surface area contributed by atoms with Gasteiger partial charge in [-0.05, 0) is 12.5 Å². The van der Waals surface area contributed by atoms with Crippen LogP contribution in [0, 0.1) is 10.1 Å². The van der Waals surface area contributed by atoms with Crippen molar-refractivity contribution in [2.24, 2.45) is 5.73 Å². The fourth-order valence-electron chi connectivity index (χ4n) is 1.99. The minimum absolute atomic E-state index is 0.0899. The van der Waals surface area contributed by atoms with Crippen molar-refractivity contribution in [1.29, 1.82) is 0 Å². The van der Waals surface area contributed by atoms with Gasteiger partial charge in [0.15, 0.2) is 0 Å². The zero-order chi connectivity index (χ0) is 14.2. The molecule has 1 fully saturated rings. The van der Waals surface area contributed by atoms with Crippen LogP contribution in [-0.4, -0.2) is 39.6 Å². The first-order chi connectivity index (χ1) is 8.83. The molecule has 0 amide bonds. The van der Waals surface area contributed by atoms with Crippen LogP contribution in [0.2, 0.25) is 0 Å². The number of aliphatic carboxylic acids is 1. The van der Waals surface area contributed by atoms with Crippen molar-refractivity contribution in [3.05, 3.63) is 22.2 Å². The molecule has 0 bridgehead atoms. The van der Waals surface area contributed by atoms with Crippen LogP contribution in [0.1, 0.15) is 6.42 Å². The first kappa shape index (κ1) is 13.0. The van der Waals surface area contributed by atoms with Gasteiger partial charge in [-0.2, -0.15) is 0 Å². The monoisotopic (exact) mass is 267 g/mol. The predicted octanol–water partition coefficient (Wildman–Crippen LogP) is -0.436. The van der Waals surface area contributed by atoms with Gasteiger partial charge in [-0.1, -0.05) is 0 Å². The summed E-state index contributed by atoms with van der Waals surface area (Å²) in [6.07, 6.45) is 0.279. The van der Waals surface area contributed by atoms with Gasteiger partial charge in [0, 0.05) is 19.2 Å². The Morgan fingerprint density at radius 1 is 1.58 bits per heavy atom. The Kier molecular flexibility index (Phi) is 2.98. The van der Waals surface area contributed by atoms with Crippen molar-refractivity contribution in [2.75, 3.05) is 23.7 Å². The van der Waals surface area contributed by atoms with Crippen molar-refractivity contribution < 1.29 is 14.8 Å². The van der Waals surface area contributed by atoms with E-state index in [0.717, 1.165) is 0 Å². The molecule has 1 aliphatic rings. The molecular weight excluding hydrogens is 254 g/mol. The highest BCUT2D eigenvalue weighted by atomic mass is 16.6. The summed E-state index contributed by atoms with van der Waals surface area (Å²) in [4.78, 5) is 26.6. The number of hydrogen-bond donors (Lipinski definition) is 3. The zero-order valence-electron chi connectivity index (χ0n) is 9.94. The molecule has 1 aliphatic heterocycles. The molecule has 1 aromatic rings. The lowest BCUT2D eigenvalue weighted by Gasteiger charge is -2.20. The smallest absolute Gasteiger partial charge is 0.325 e. The Morgan fingerprint density at radius 2 is 2.26 bits per heavy atom. The second-order valence-corrected chi connectivity index (χ2v) is 4.46. The van der Waals surface area contributed by atoms with Crippen LogP contribution in [0.25, 0.3) is 0 Å². The standard InChI is InChI=1S/C10H13N5O4/c11-8-6(15(18)19)1-2-7(13-8)14-4-3-10(12,5-14)9(16)17/h1-2H,3-5,12H2,(H2,11,13)(H,16,17). The topological polar surface area (TPSA) is 149 Å². The van der Waals surface area contributed by atoms with Gasteiger partial charge in [0.1, 0.15) is 11.4 Å². The van der Waals surface area contributed by atoms with E-state index >= 15 is 0 Å². The molecule has 102 valence electrons. The molecule has 19 heavy (non-hydrogen) atoms. The fourth-order valence-corrected chi connectivity index (χ4v) is 1.99. The maximum Gasteiger partial charge on any atom is 0.325 e. The molecule has 2 rings (SSSR count). The molecule has 0 aliphatic carbocycles. The summed E-state index contributed by atoms with van der Waals surface area (Å²) in [7, 11) is 0. The van der Waals surface area contributed by atoms with Crippen molar-refractivity contribution in [3.63, 3.8) is 0 Å². The molecular formula is C10H13N5O4. The predicted molar refractivity (Wildman–Crippen MR) is 66.7 cm³/mol. The first-order valence-corrected chi connectivity index (χ1v) is 5.51. The van der Waals surface area contributed by atoms with Crippen molar-refractivity contribution in [3.8, 4) is 0 Å². The summed E-state index contributed by atoms with van der Waals surface area (Å²) in [5.41, 5.74) is 9.63. The van der Waals surface area contributed by atoms with Crippen LogP contribution in [0.15, 0.2) is 12.1 Å². The second-order valence-electron chi connectivity index (χ2n) is 4.46. The molecule has 5 N–H and O–H groups in total. The third-order valence-corrected chi connectivity index (χ3v) is 3.14. The highest BCUT2D eigenvalue weighted by Crippen LogP contribution is 2.27. The molecule has 1 saturated heterocycles. The maximum absolute atomic E-state index is 11.0. The van der Waals surface area contributed by atoms with E-state index in [-0.39, 0.29) is 24.5 Å². The number of rotatable bonds is 3. The second kappa shape index (κ2) is 4.35. The van der Waals surface area contributed by atoms with Crippen molar-refractivity contribution in [2.45, 2.75) is 12.0 Å². The number of carbonyl (C=O) groups is 1. The number of anilines is 2. The lowest BCUT2D eigenvalue weighted by atomic mass is 10.0. The van der Waals surface area contributed by atoms with Gasteiger partial charge >= 0.3 is 11.7 Å². The van der Waals surface area contributed by atoms with Crippen molar-refractivity contribution in [1.82, 2.24) is 4.98 Å². The lowest BCUT2D eigenvalue weighted by molar-refractivity contribution is -0.384. The number of carboxylic acids is 1. The Morgan fingerprint density at radius 3 is 2.74 bits per heavy atom. The number of nitrogens with two attached hydrogens (primary N) is 2. The van der Waals surface area contributed by atoms with Gasteiger partial charge in [-0.15, -0.1) is 0 Å². The van der Waals surface area contributed by atoms with E-state index in [9.17, 15) is 14.9 Å². The van der Waals surface area contributed by atoms with Gasteiger partial charge in [-0.25, -0.2) is 4.98 Å². The minimum atomic E-state index is -1.32.